The first-order chi connectivity index (χ1) is 10.5. The van der Waals surface area contributed by atoms with E-state index in [1.165, 1.54) is 20.5 Å². The fourth-order valence-electron chi connectivity index (χ4n) is 1.96. The van der Waals surface area contributed by atoms with Gasteiger partial charge in [-0.25, -0.2) is 4.57 Å². The molecule has 0 N–H and O–H groups in total. The van der Waals surface area contributed by atoms with Crippen LogP contribution in [0.4, 0.5) is 0 Å². The molecule has 0 heterocycles. The summed E-state index contributed by atoms with van der Waals surface area (Å²) in [6.45, 7) is 15.7. The summed E-state index contributed by atoms with van der Waals surface area (Å²) in [5.41, 5.74) is -0.111. The van der Waals surface area contributed by atoms with Gasteiger partial charge in [-0.1, -0.05) is 5.16 Å². The molecule has 2 atom stereocenters. The monoisotopic (exact) mass is 366 g/mol. The second-order valence-electron chi connectivity index (χ2n) is 6.06. The third-order valence-corrected chi connectivity index (χ3v) is 5.41. The maximum absolute atomic E-state index is 12.2. The van der Waals surface area contributed by atoms with Crippen molar-refractivity contribution in [2.24, 2.45) is 5.16 Å². The number of Topliss-reactive ketones (excluding diaryl/α,β-unsaturated/α-hetero) is 1. The van der Waals surface area contributed by atoms with Crippen LogP contribution in [0.25, 0.3) is 0 Å². The number of ketones is 1. The topological polar surface area (TPSA) is 68.2 Å². The molecule has 0 rings (SSSR count). The van der Waals surface area contributed by atoms with Gasteiger partial charge >= 0.3 is 7.60 Å². The van der Waals surface area contributed by atoms with E-state index in [-0.39, 0.29) is 16.9 Å². The van der Waals surface area contributed by atoms with Crippen LogP contribution in [0.3, 0.4) is 0 Å². The lowest BCUT2D eigenvalue weighted by Gasteiger charge is -2.30. The molecule has 23 heavy (non-hydrogen) atoms. The summed E-state index contributed by atoms with van der Waals surface area (Å²) in [6, 6.07) is 0.965. The lowest BCUT2D eigenvalue weighted by molar-refractivity contribution is -0.111. The Bertz CT molecular complexity index is 447. The SMILES string of the molecule is CC(=O)/C(C)=N/O[P@](C)(=O)OC(C)SCCN(C(C)C)C(C)C. The van der Waals surface area contributed by atoms with E-state index in [2.05, 4.69) is 37.8 Å². The average Bonchev–Trinajstić information content (AvgIpc) is 2.39. The van der Waals surface area contributed by atoms with Gasteiger partial charge < -0.3 is 4.62 Å². The Balaban J connectivity index is 4.32. The molecule has 0 bridgehead atoms. The number of hydrogen-bond acceptors (Lipinski definition) is 7. The van der Waals surface area contributed by atoms with Crippen molar-refractivity contribution in [3.8, 4) is 0 Å². The third-order valence-electron chi connectivity index (χ3n) is 3.20. The Kier molecular flexibility index (Phi) is 10.3. The van der Waals surface area contributed by atoms with Crippen molar-refractivity contribution in [2.45, 2.75) is 66.0 Å². The van der Waals surface area contributed by atoms with Gasteiger partial charge in [-0.2, -0.15) is 0 Å². The van der Waals surface area contributed by atoms with Crippen LogP contribution in [-0.2, 0) is 18.5 Å². The van der Waals surface area contributed by atoms with Crippen LogP contribution in [0.15, 0.2) is 5.16 Å². The van der Waals surface area contributed by atoms with Crippen LogP contribution in [-0.4, -0.2) is 52.9 Å². The highest BCUT2D eigenvalue weighted by atomic mass is 32.2. The minimum absolute atomic E-state index is 0.167. The molecule has 136 valence electrons. The van der Waals surface area contributed by atoms with E-state index in [4.69, 9.17) is 9.15 Å². The van der Waals surface area contributed by atoms with Crippen molar-refractivity contribution in [1.82, 2.24) is 4.90 Å². The molecule has 0 aliphatic rings. The van der Waals surface area contributed by atoms with Gasteiger partial charge in [-0.05, 0) is 41.5 Å². The Hall–Kier alpha value is -0.360. The van der Waals surface area contributed by atoms with Gasteiger partial charge in [0.1, 0.15) is 11.1 Å². The zero-order valence-corrected chi connectivity index (χ0v) is 17.2. The van der Waals surface area contributed by atoms with Crippen molar-refractivity contribution in [1.29, 1.82) is 0 Å². The first kappa shape index (κ1) is 22.6. The quantitative estimate of drug-likeness (QED) is 0.238. The van der Waals surface area contributed by atoms with Crippen LogP contribution in [0.1, 0.15) is 48.5 Å². The minimum Gasteiger partial charge on any atom is -0.314 e. The van der Waals surface area contributed by atoms with Crippen molar-refractivity contribution >= 4 is 30.9 Å². The second kappa shape index (κ2) is 10.5. The predicted octanol–water partition coefficient (Wildman–Crippen LogP) is 4.01. The maximum atomic E-state index is 12.2. The third kappa shape index (κ3) is 10.2. The Morgan fingerprint density at radius 2 is 1.70 bits per heavy atom. The fraction of sp³-hybridized carbons (Fsp3) is 0.867. The van der Waals surface area contributed by atoms with Crippen LogP contribution in [0.2, 0.25) is 0 Å². The van der Waals surface area contributed by atoms with Crippen LogP contribution >= 0.6 is 19.4 Å². The lowest BCUT2D eigenvalue weighted by atomic mass is 10.2. The second-order valence-corrected chi connectivity index (χ2v) is 9.38. The molecule has 6 nitrogen and oxygen atoms in total. The molecule has 8 heteroatoms. The molecule has 0 saturated carbocycles. The summed E-state index contributed by atoms with van der Waals surface area (Å²) in [4.78, 5) is 13.4. The summed E-state index contributed by atoms with van der Waals surface area (Å²) in [7, 11) is -3.32. The Morgan fingerprint density at radius 1 is 1.17 bits per heavy atom. The molecule has 0 aliphatic heterocycles. The van der Waals surface area contributed by atoms with Crippen LogP contribution < -0.4 is 0 Å². The molecule has 0 fully saturated rings. The normalized spacial score (nSPS) is 16.7. The predicted molar refractivity (Wildman–Crippen MR) is 98.4 cm³/mol. The number of thioether (sulfide) groups is 1. The zero-order valence-electron chi connectivity index (χ0n) is 15.5. The van der Waals surface area contributed by atoms with E-state index in [1.54, 1.807) is 11.8 Å². The van der Waals surface area contributed by atoms with Gasteiger partial charge in [0, 0.05) is 31.3 Å². The Morgan fingerprint density at radius 3 is 2.13 bits per heavy atom. The van der Waals surface area contributed by atoms with Gasteiger partial charge in [0.15, 0.2) is 5.78 Å². The number of nitrogens with zero attached hydrogens (tertiary/aromatic N) is 2. The number of carbonyl (C=O) groups is 1. The van der Waals surface area contributed by atoms with E-state index in [9.17, 15) is 9.36 Å². The van der Waals surface area contributed by atoms with E-state index in [0.717, 1.165) is 12.3 Å². The molecule has 0 aromatic carbocycles. The summed E-state index contributed by atoms with van der Waals surface area (Å²) < 4.78 is 22.5. The van der Waals surface area contributed by atoms with Crippen molar-refractivity contribution in [2.75, 3.05) is 19.0 Å². The van der Waals surface area contributed by atoms with Gasteiger partial charge in [-0.3, -0.25) is 14.2 Å². The highest BCUT2D eigenvalue weighted by Crippen LogP contribution is 2.47. The van der Waals surface area contributed by atoms with Crippen molar-refractivity contribution in [3.63, 3.8) is 0 Å². The summed E-state index contributed by atoms with van der Waals surface area (Å²) in [6.07, 6.45) is 0. The molecule has 0 aliphatic carbocycles. The first-order valence-electron chi connectivity index (χ1n) is 7.83. The molecule has 1 unspecified atom stereocenters. The highest BCUT2D eigenvalue weighted by Gasteiger charge is 2.23. The van der Waals surface area contributed by atoms with Gasteiger partial charge in [0.2, 0.25) is 0 Å². The molecular weight excluding hydrogens is 335 g/mol. The van der Waals surface area contributed by atoms with E-state index < -0.39 is 7.60 Å². The van der Waals surface area contributed by atoms with E-state index in [0.29, 0.717) is 12.1 Å². The molecule has 0 spiro atoms. The fourth-order valence-corrected chi connectivity index (χ4v) is 4.16. The van der Waals surface area contributed by atoms with E-state index in [1.807, 2.05) is 6.92 Å². The number of carbonyl (C=O) groups excluding carboxylic acids is 1. The van der Waals surface area contributed by atoms with E-state index >= 15 is 0 Å². The zero-order chi connectivity index (χ0) is 18.2. The molecule has 0 aromatic heterocycles. The molecule has 0 saturated heterocycles. The number of hydrogen-bond donors (Lipinski definition) is 0. The minimum atomic E-state index is -3.32. The standard InChI is InChI=1S/C15H31N2O4PS/c1-11(2)17(12(3)4)9-10-23-15(7)20-22(8,19)21-16-13(5)14(6)18/h11-12,15H,9-10H2,1-8H3/b16-13+/t15?,22-/m1/s1. The number of rotatable bonds is 11. The summed E-state index contributed by atoms with van der Waals surface area (Å²) >= 11 is 1.58. The number of oxime groups is 1. The molecule has 0 radical (unpaired) electrons. The molecule has 0 amide bonds. The molecular formula is C15H31N2O4PS. The van der Waals surface area contributed by atoms with Gasteiger partial charge in [0.25, 0.3) is 0 Å². The summed E-state index contributed by atoms with van der Waals surface area (Å²) in [5.74, 6) is 0.641. The average molecular weight is 366 g/mol. The maximum Gasteiger partial charge on any atom is 0.398 e. The highest BCUT2D eigenvalue weighted by molar-refractivity contribution is 7.99. The van der Waals surface area contributed by atoms with Gasteiger partial charge in [-0.15, -0.1) is 11.8 Å². The summed E-state index contributed by atoms with van der Waals surface area (Å²) in [5, 5.41) is 3.56. The lowest BCUT2D eigenvalue weighted by Crippen LogP contribution is -2.38. The van der Waals surface area contributed by atoms with Gasteiger partial charge in [0.05, 0.1) is 6.66 Å². The largest absolute Gasteiger partial charge is 0.398 e. The van der Waals surface area contributed by atoms with Crippen molar-refractivity contribution in [3.05, 3.63) is 0 Å². The van der Waals surface area contributed by atoms with Crippen molar-refractivity contribution < 1.29 is 18.5 Å². The first-order valence-corrected chi connectivity index (χ1v) is 10.9. The smallest absolute Gasteiger partial charge is 0.314 e. The Labute approximate surface area is 144 Å². The van der Waals surface area contributed by atoms with Crippen LogP contribution in [0, 0.1) is 0 Å². The van der Waals surface area contributed by atoms with Crippen LogP contribution in [0.5, 0.6) is 0 Å². The molecule has 0 aromatic rings.